The molecular weight excluding hydrogens is 268 g/mol. The molecule has 1 fully saturated rings. The van der Waals surface area contributed by atoms with Crippen molar-refractivity contribution in [3.05, 3.63) is 35.0 Å². The molecule has 1 heterocycles. The average molecular weight is 291 g/mol. The standard InChI is InChI=1S/C17H23ClN2/c1-12-5-3-2-4-6-16(12)19-10-13-11-20-17-9-14(18)7-8-15(13)17/h7-9,11-12,16,19-20H,2-6,10H2,1H3. The molecule has 0 radical (unpaired) electrons. The van der Waals surface area contributed by atoms with Gasteiger partial charge >= 0.3 is 0 Å². The van der Waals surface area contributed by atoms with Gasteiger partial charge in [0.2, 0.25) is 0 Å². The van der Waals surface area contributed by atoms with Crippen LogP contribution in [0.5, 0.6) is 0 Å². The maximum atomic E-state index is 6.03. The zero-order valence-corrected chi connectivity index (χ0v) is 12.8. The molecule has 1 saturated carbocycles. The Kier molecular flexibility index (Phi) is 4.32. The number of aromatic amines is 1. The minimum absolute atomic E-state index is 0.662. The molecule has 3 rings (SSSR count). The van der Waals surface area contributed by atoms with Crippen molar-refractivity contribution in [3.8, 4) is 0 Å². The van der Waals surface area contributed by atoms with Gasteiger partial charge in [-0.1, -0.05) is 43.9 Å². The SMILES string of the molecule is CC1CCCCCC1NCc1c[nH]c2cc(Cl)ccc12. The lowest BCUT2D eigenvalue weighted by Gasteiger charge is -2.22. The third-order valence-corrected chi connectivity index (χ3v) is 4.88. The third kappa shape index (κ3) is 3.02. The fraction of sp³-hybridized carbons (Fsp3) is 0.529. The summed E-state index contributed by atoms with van der Waals surface area (Å²) in [6, 6.07) is 6.74. The van der Waals surface area contributed by atoms with Crippen LogP contribution in [0.3, 0.4) is 0 Å². The first-order valence-corrected chi connectivity index (χ1v) is 8.11. The van der Waals surface area contributed by atoms with Crippen molar-refractivity contribution in [3.63, 3.8) is 0 Å². The molecule has 0 spiro atoms. The first-order chi connectivity index (χ1) is 9.74. The lowest BCUT2D eigenvalue weighted by atomic mass is 9.97. The Bertz CT molecular complexity index is 575. The van der Waals surface area contributed by atoms with E-state index >= 15 is 0 Å². The van der Waals surface area contributed by atoms with Crippen molar-refractivity contribution in [1.29, 1.82) is 0 Å². The largest absolute Gasteiger partial charge is 0.361 e. The Morgan fingerprint density at radius 1 is 1.25 bits per heavy atom. The van der Waals surface area contributed by atoms with Crippen molar-refractivity contribution in [2.75, 3.05) is 0 Å². The van der Waals surface area contributed by atoms with Gasteiger partial charge in [0, 0.05) is 34.7 Å². The van der Waals surface area contributed by atoms with Gasteiger partial charge in [0.25, 0.3) is 0 Å². The van der Waals surface area contributed by atoms with Gasteiger partial charge in [-0.2, -0.15) is 0 Å². The van der Waals surface area contributed by atoms with E-state index in [2.05, 4.69) is 29.5 Å². The van der Waals surface area contributed by atoms with Crippen LogP contribution in [0.15, 0.2) is 24.4 Å². The molecular formula is C17H23ClN2. The van der Waals surface area contributed by atoms with Crippen LogP contribution in [-0.2, 0) is 6.54 Å². The van der Waals surface area contributed by atoms with Gasteiger partial charge in [0.05, 0.1) is 0 Å². The lowest BCUT2D eigenvalue weighted by molar-refractivity contribution is 0.356. The average Bonchev–Trinajstić information content (AvgIpc) is 2.71. The summed E-state index contributed by atoms with van der Waals surface area (Å²) < 4.78 is 0. The van der Waals surface area contributed by atoms with Crippen LogP contribution in [0.1, 0.15) is 44.6 Å². The molecule has 1 aliphatic carbocycles. The van der Waals surface area contributed by atoms with Gasteiger partial charge in [-0.15, -0.1) is 0 Å². The third-order valence-electron chi connectivity index (χ3n) is 4.65. The zero-order chi connectivity index (χ0) is 13.9. The second-order valence-corrected chi connectivity index (χ2v) is 6.54. The highest BCUT2D eigenvalue weighted by Gasteiger charge is 2.19. The van der Waals surface area contributed by atoms with Crippen LogP contribution in [0, 0.1) is 5.92 Å². The molecule has 2 unspecified atom stereocenters. The van der Waals surface area contributed by atoms with Crippen LogP contribution in [0.2, 0.25) is 5.02 Å². The van der Waals surface area contributed by atoms with Gasteiger partial charge in [0.1, 0.15) is 0 Å². The van der Waals surface area contributed by atoms with E-state index in [-0.39, 0.29) is 0 Å². The molecule has 1 aromatic carbocycles. The topological polar surface area (TPSA) is 27.8 Å². The molecule has 3 heteroatoms. The maximum absolute atomic E-state index is 6.03. The van der Waals surface area contributed by atoms with E-state index in [1.165, 1.54) is 43.1 Å². The van der Waals surface area contributed by atoms with Crippen molar-refractivity contribution < 1.29 is 0 Å². The zero-order valence-electron chi connectivity index (χ0n) is 12.1. The van der Waals surface area contributed by atoms with Crippen LogP contribution in [0.25, 0.3) is 10.9 Å². The normalized spacial score (nSPS) is 23.9. The van der Waals surface area contributed by atoms with Crippen LogP contribution in [0.4, 0.5) is 0 Å². The second-order valence-electron chi connectivity index (χ2n) is 6.11. The number of benzene rings is 1. The molecule has 0 saturated heterocycles. The molecule has 108 valence electrons. The number of halogens is 1. The number of rotatable bonds is 3. The Labute approximate surface area is 125 Å². The summed E-state index contributed by atoms with van der Waals surface area (Å²) in [6.07, 6.45) is 8.94. The fourth-order valence-corrected chi connectivity index (χ4v) is 3.51. The first-order valence-electron chi connectivity index (χ1n) is 7.73. The summed E-state index contributed by atoms with van der Waals surface area (Å²) in [7, 11) is 0. The van der Waals surface area contributed by atoms with E-state index in [0.717, 1.165) is 23.0 Å². The molecule has 2 atom stereocenters. The Hall–Kier alpha value is -0.990. The highest BCUT2D eigenvalue weighted by molar-refractivity contribution is 6.31. The Balaban J connectivity index is 1.70. The van der Waals surface area contributed by atoms with Gasteiger partial charge < -0.3 is 10.3 Å². The second kappa shape index (κ2) is 6.19. The maximum Gasteiger partial charge on any atom is 0.0472 e. The number of H-pyrrole nitrogens is 1. The van der Waals surface area contributed by atoms with Gasteiger partial charge in [-0.25, -0.2) is 0 Å². The van der Waals surface area contributed by atoms with E-state index in [1.54, 1.807) is 0 Å². The van der Waals surface area contributed by atoms with Gasteiger partial charge in [0.15, 0.2) is 0 Å². The van der Waals surface area contributed by atoms with Gasteiger partial charge in [-0.3, -0.25) is 0 Å². The quantitative estimate of drug-likeness (QED) is 0.775. The monoisotopic (exact) mass is 290 g/mol. The summed E-state index contributed by atoms with van der Waals surface area (Å²) in [4.78, 5) is 3.32. The van der Waals surface area contributed by atoms with Crippen LogP contribution < -0.4 is 5.32 Å². The van der Waals surface area contributed by atoms with Crippen molar-refractivity contribution in [2.45, 2.75) is 51.6 Å². The van der Waals surface area contributed by atoms with E-state index < -0.39 is 0 Å². The summed E-state index contributed by atoms with van der Waals surface area (Å²) in [5.74, 6) is 0.789. The highest BCUT2D eigenvalue weighted by atomic mass is 35.5. The Morgan fingerprint density at radius 2 is 2.10 bits per heavy atom. The molecule has 1 aliphatic rings. The first kappa shape index (κ1) is 14.0. The Morgan fingerprint density at radius 3 is 3.00 bits per heavy atom. The molecule has 0 bridgehead atoms. The summed E-state index contributed by atoms with van der Waals surface area (Å²) in [5.41, 5.74) is 2.47. The predicted molar refractivity (Wildman–Crippen MR) is 86.2 cm³/mol. The molecule has 0 aliphatic heterocycles. The minimum atomic E-state index is 0.662. The number of aromatic nitrogens is 1. The number of fused-ring (bicyclic) bond motifs is 1. The molecule has 20 heavy (non-hydrogen) atoms. The van der Waals surface area contributed by atoms with Gasteiger partial charge in [-0.05, 0) is 36.5 Å². The highest BCUT2D eigenvalue weighted by Crippen LogP contribution is 2.25. The molecule has 2 aromatic rings. The summed E-state index contributed by atoms with van der Waals surface area (Å²) in [5, 5.41) is 5.84. The van der Waals surface area contributed by atoms with E-state index in [0.29, 0.717) is 6.04 Å². The van der Waals surface area contributed by atoms with Crippen LogP contribution in [-0.4, -0.2) is 11.0 Å². The smallest absolute Gasteiger partial charge is 0.0472 e. The van der Waals surface area contributed by atoms with E-state index in [4.69, 9.17) is 11.6 Å². The molecule has 2 nitrogen and oxygen atoms in total. The summed E-state index contributed by atoms with van der Waals surface area (Å²) in [6.45, 7) is 3.33. The van der Waals surface area contributed by atoms with Crippen LogP contribution >= 0.6 is 11.6 Å². The lowest BCUT2D eigenvalue weighted by Crippen LogP contribution is -2.33. The van der Waals surface area contributed by atoms with Crippen molar-refractivity contribution >= 4 is 22.5 Å². The minimum Gasteiger partial charge on any atom is -0.361 e. The fourth-order valence-electron chi connectivity index (χ4n) is 3.34. The number of nitrogens with one attached hydrogen (secondary N) is 2. The predicted octanol–water partition coefficient (Wildman–Crippen LogP) is 4.88. The summed E-state index contributed by atoms with van der Waals surface area (Å²) >= 11 is 6.03. The molecule has 1 aromatic heterocycles. The molecule has 2 N–H and O–H groups in total. The van der Waals surface area contributed by atoms with E-state index in [9.17, 15) is 0 Å². The van der Waals surface area contributed by atoms with Crippen molar-refractivity contribution in [1.82, 2.24) is 10.3 Å². The van der Waals surface area contributed by atoms with Crippen molar-refractivity contribution in [2.24, 2.45) is 5.92 Å². The number of hydrogen-bond acceptors (Lipinski definition) is 1. The number of hydrogen-bond donors (Lipinski definition) is 2. The van der Waals surface area contributed by atoms with E-state index in [1.807, 2.05) is 12.1 Å². The molecule has 0 amide bonds.